The Morgan fingerprint density at radius 2 is 1.74 bits per heavy atom. The van der Waals surface area contributed by atoms with Gasteiger partial charge in [-0.25, -0.2) is 0 Å². The molecule has 0 saturated carbocycles. The number of rotatable bonds is 7. The fraction of sp³-hybridized carbons (Fsp3) is 0.238. The molecule has 1 amide bonds. The first-order chi connectivity index (χ1) is 13.1. The molecule has 0 atom stereocenters. The second-order valence-corrected chi connectivity index (χ2v) is 5.59. The highest BCUT2D eigenvalue weighted by Gasteiger charge is 2.15. The molecule has 2 aromatic carbocycles. The third-order valence-electron chi connectivity index (χ3n) is 4.01. The number of anilines is 1. The predicted octanol–water partition coefficient (Wildman–Crippen LogP) is 3.82. The summed E-state index contributed by atoms with van der Waals surface area (Å²) in [6, 6.07) is 12.8. The minimum absolute atomic E-state index is 0.0322. The zero-order valence-corrected chi connectivity index (χ0v) is 15.8. The van der Waals surface area contributed by atoms with Crippen molar-refractivity contribution in [3.8, 4) is 23.3 Å². The molecular formula is C21H22N2O4. The van der Waals surface area contributed by atoms with Crippen molar-refractivity contribution in [2.75, 3.05) is 26.6 Å². The number of nitrogens with zero attached hydrogens (tertiary/aromatic N) is 1. The van der Waals surface area contributed by atoms with Gasteiger partial charge < -0.3 is 19.5 Å². The van der Waals surface area contributed by atoms with Crippen LogP contribution in [0.2, 0.25) is 0 Å². The van der Waals surface area contributed by atoms with Crippen LogP contribution in [0, 0.1) is 11.3 Å². The van der Waals surface area contributed by atoms with Crippen LogP contribution >= 0.6 is 0 Å². The van der Waals surface area contributed by atoms with E-state index < -0.39 is 5.91 Å². The van der Waals surface area contributed by atoms with Crippen LogP contribution in [-0.2, 0) is 11.2 Å². The molecule has 1 N–H and O–H groups in total. The molecule has 0 heterocycles. The minimum Gasteiger partial charge on any atom is -0.493 e. The molecule has 0 saturated heterocycles. The standard InChI is InChI=1S/C21H22N2O4/c1-5-15-8-6-7-9-17(15)23-21(24)16(13-22)10-14-11-18(25-2)20(27-4)19(12-14)26-3/h6-12H,5H2,1-4H3,(H,23,24)/b16-10+. The van der Waals surface area contributed by atoms with E-state index in [2.05, 4.69) is 5.32 Å². The average Bonchev–Trinajstić information content (AvgIpc) is 2.71. The van der Waals surface area contributed by atoms with Crippen LogP contribution in [-0.4, -0.2) is 27.2 Å². The van der Waals surface area contributed by atoms with E-state index in [9.17, 15) is 10.1 Å². The number of ether oxygens (including phenoxy) is 3. The van der Waals surface area contributed by atoms with E-state index in [4.69, 9.17) is 14.2 Å². The lowest BCUT2D eigenvalue weighted by Crippen LogP contribution is -2.14. The lowest BCUT2D eigenvalue weighted by molar-refractivity contribution is -0.112. The van der Waals surface area contributed by atoms with E-state index in [0.29, 0.717) is 28.5 Å². The van der Waals surface area contributed by atoms with Gasteiger partial charge in [0.2, 0.25) is 5.75 Å². The molecule has 0 spiro atoms. The number of carbonyl (C=O) groups excluding carboxylic acids is 1. The van der Waals surface area contributed by atoms with E-state index in [1.54, 1.807) is 12.1 Å². The molecule has 2 aromatic rings. The van der Waals surface area contributed by atoms with Crippen LogP contribution in [0.4, 0.5) is 5.69 Å². The van der Waals surface area contributed by atoms with Crippen molar-refractivity contribution in [2.45, 2.75) is 13.3 Å². The van der Waals surface area contributed by atoms with Crippen molar-refractivity contribution in [1.82, 2.24) is 0 Å². The Bertz CT molecular complexity index is 872. The monoisotopic (exact) mass is 366 g/mol. The Kier molecular flexibility index (Phi) is 6.84. The van der Waals surface area contributed by atoms with E-state index in [-0.39, 0.29) is 5.57 Å². The Labute approximate surface area is 159 Å². The number of methoxy groups -OCH3 is 3. The summed E-state index contributed by atoms with van der Waals surface area (Å²) >= 11 is 0. The molecule has 0 aliphatic rings. The van der Waals surface area contributed by atoms with Crippen LogP contribution in [0.15, 0.2) is 42.0 Å². The maximum atomic E-state index is 12.6. The minimum atomic E-state index is -0.479. The third-order valence-corrected chi connectivity index (χ3v) is 4.01. The molecule has 0 aliphatic heterocycles. The molecule has 0 aromatic heterocycles. The SMILES string of the molecule is CCc1ccccc1NC(=O)/C(C#N)=C/c1cc(OC)c(OC)c(OC)c1. The molecule has 0 unspecified atom stereocenters. The molecular weight excluding hydrogens is 344 g/mol. The number of aryl methyl sites for hydroxylation is 1. The number of nitriles is 1. The quantitative estimate of drug-likeness (QED) is 0.595. The fourth-order valence-corrected chi connectivity index (χ4v) is 2.64. The topological polar surface area (TPSA) is 80.6 Å². The second kappa shape index (κ2) is 9.30. The molecule has 2 rings (SSSR count). The molecule has 27 heavy (non-hydrogen) atoms. The highest BCUT2D eigenvalue weighted by molar-refractivity contribution is 6.10. The zero-order valence-electron chi connectivity index (χ0n) is 15.8. The van der Waals surface area contributed by atoms with Gasteiger partial charge in [-0.2, -0.15) is 5.26 Å². The molecule has 6 heteroatoms. The Morgan fingerprint density at radius 1 is 1.11 bits per heavy atom. The average molecular weight is 366 g/mol. The number of nitrogens with one attached hydrogen (secondary N) is 1. The highest BCUT2D eigenvalue weighted by Crippen LogP contribution is 2.38. The number of carbonyl (C=O) groups is 1. The number of hydrogen-bond acceptors (Lipinski definition) is 5. The lowest BCUT2D eigenvalue weighted by Gasteiger charge is -2.13. The molecule has 6 nitrogen and oxygen atoms in total. The summed E-state index contributed by atoms with van der Waals surface area (Å²) in [5.41, 5.74) is 2.24. The summed E-state index contributed by atoms with van der Waals surface area (Å²) in [7, 11) is 4.52. The number of benzene rings is 2. The fourth-order valence-electron chi connectivity index (χ4n) is 2.64. The lowest BCUT2D eigenvalue weighted by atomic mass is 10.1. The van der Waals surface area contributed by atoms with Crippen molar-refractivity contribution in [3.63, 3.8) is 0 Å². The van der Waals surface area contributed by atoms with Crippen LogP contribution in [0.25, 0.3) is 6.08 Å². The van der Waals surface area contributed by atoms with Crippen molar-refractivity contribution in [3.05, 3.63) is 53.1 Å². The number of hydrogen-bond donors (Lipinski definition) is 1. The predicted molar refractivity (Wildman–Crippen MR) is 104 cm³/mol. The molecule has 0 fully saturated rings. The van der Waals surface area contributed by atoms with E-state index >= 15 is 0 Å². The Morgan fingerprint density at radius 3 is 2.26 bits per heavy atom. The maximum Gasteiger partial charge on any atom is 0.266 e. The zero-order chi connectivity index (χ0) is 19.8. The molecule has 0 radical (unpaired) electrons. The summed E-state index contributed by atoms with van der Waals surface area (Å²) < 4.78 is 15.9. The van der Waals surface area contributed by atoms with E-state index in [1.807, 2.05) is 37.3 Å². The van der Waals surface area contributed by atoms with Gasteiger partial charge >= 0.3 is 0 Å². The van der Waals surface area contributed by atoms with Crippen LogP contribution < -0.4 is 19.5 Å². The number of amides is 1. The largest absolute Gasteiger partial charge is 0.493 e. The highest BCUT2D eigenvalue weighted by atomic mass is 16.5. The Balaban J connectivity index is 2.38. The molecule has 0 bridgehead atoms. The number of para-hydroxylation sites is 1. The van der Waals surface area contributed by atoms with Gasteiger partial charge in [0.15, 0.2) is 11.5 Å². The van der Waals surface area contributed by atoms with E-state index in [1.165, 1.54) is 27.4 Å². The van der Waals surface area contributed by atoms with Gasteiger partial charge in [0, 0.05) is 5.69 Å². The Hall–Kier alpha value is -3.46. The summed E-state index contributed by atoms with van der Waals surface area (Å²) in [6.45, 7) is 2.00. The van der Waals surface area contributed by atoms with E-state index in [0.717, 1.165) is 12.0 Å². The first-order valence-electron chi connectivity index (χ1n) is 8.38. The van der Waals surface area contributed by atoms with Gasteiger partial charge in [0.25, 0.3) is 5.91 Å². The second-order valence-electron chi connectivity index (χ2n) is 5.59. The van der Waals surface area contributed by atoms with Gasteiger partial charge in [0.1, 0.15) is 11.6 Å². The van der Waals surface area contributed by atoms with Crippen LogP contribution in [0.1, 0.15) is 18.1 Å². The van der Waals surface area contributed by atoms with Crippen molar-refractivity contribution in [1.29, 1.82) is 5.26 Å². The molecule has 140 valence electrons. The van der Waals surface area contributed by atoms with Crippen molar-refractivity contribution in [2.24, 2.45) is 0 Å². The van der Waals surface area contributed by atoms with Gasteiger partial charge in [0.05, 0.1) is 21.3 Å². The summed E-state index contributed by atoms with van der Waals surface area (Å²) in [5, 5.41) is 12.2. The van der Waals surface area contributed by atoms with Gasteiger partial charge in [-0.15, -0.1) is 0 Å². The van der Waals surface area contributed by atoms with Gasteiger partial charge in [-0.1, -0.05) is 25.1 Å². The van der Waals surface area contributed by atoms with Crippen LogP contribution in [0.3, 0.4) is 0 Å². The third kappa shape index (κ3) is 4.59. The maximum absolute atomic E-state index is 12.6. The smallest absolute Gasteiger partial charge is 0.266 e. The first kappa shape index (κ1) is 19.9. The van der Waals surface area contributed by atoms with Crippen molar-refractivity contribution < 1.29 is 19.0 Å². The normalized spacial score (nSPS) is 10.7. The van der Waals surface area contributed by atoms with Crippen LogP contribution in [0.5, 0.6) is 17.2 Å². The molecule has 0 aliphatic carbocycles. The summed E-state index contributed by atoms with van der Waals surface area (Å²) in [5.74, 6) is 0.846. The van der Waals surface area contributed by atoms with Gasteiger partial charge in [-0.3, -0.25) is 4.79 Å². The first-order valence-corrected chi connectivity index (χ1v) is 8.38. The summed E-state index contributed by atoms with van der Waals surface area (Å²) in [6.07, 6.45) is 2.25. The van der Waals surface area contributed by atoms with Crippen molar-refractivity contribution >= 4 is 17.7 Å². The summed E-state index contributed by atoms with van der Waals surface area (Å²) in [4.78, 5) is 12.6. The van der Waals surface area contributed by atoms with Gasteiger partial charge in [-0.05, 0) is 41.8 Å².